The number of hydrogen-bond donors (Lipinski definition) is 0. The molecule has 0 aromatic rings. The number of esters is 1. The van der Waals surface area contributed by atoms with Gasteiger partial charge in [0, 0.05) is 6.92 Å². The summed E-state index contributed by atoms with van der Waals surface area (Å²) in [6.07, 6.45) is 9.62. The summed E-state index contributed by atoms with van der Waals surface area (Å²) < 4.78 is 11.1. The van der Waals surface area contributed by atoms with Crippen LogP contribution in [0.25, 0.3) is 0 Å². The van der Waals surface area contributed by atoms with Gasteiger partial charge in [-0.15, -0.1) is 0 Å². The van der Waals surface area contributed by atoms with E-state index in [1.54, 1.807) is 11.8 Å². The molecule has 2 rings (SSSR count). The van der Waals surface area contributed by atoms with Gasteiger partial charge in [-0.3, -0.25) is 9.79 Å². The van der Waals surface area contributed by atoms with Gasteiger partial charge in [0.15, 0.2) is 0 Å². The molecule has 3 atom stereocenters. The van der Waals surface area contributed by atoms with Gasteiger partial charge in [-0.25, -0.2) is 0 Å². The average molecular weight is 313 g/mol. The molecule has 0 spiro atoms. The Kier molecular flexibility index (Phi) is 7.04. The van der Waals surface area contributed by atoms with Crippen molar-refractivity contribution in [1.82, 2.24) is 0 Å². The number of unbranched alkanes of at least 4 members (excludes halogenated alkanes) is 4. The van der Waals surface area contributed by atoms with Gasteiger partial charge in [0.2, 0.25) is 0 Å². The number of carbonyl (C=O) groups is 1. The summed E-state index contributed by atoms with van der Waals surface area (Å²) >= 11 is 1.78. The number of ether oxygens (including phenoxy) is 2. The third kappa shape index (κ3) is 5.62. The van der Waals surface area contributed by atoms with Gasteiger partial charge in [-0.05, 0) is 25.7 Å². The topological polar surface area (TPSA) is 47.9 Å². The normalized spacial score (nSPS) is 28.1. The molecule has 0 aromatic heterocycles. The number of rotatable bonds is 8. The number of thioether (sulfide) groups is 1. The van der Waals surface area contributed by atoms with Crippen LogP contribution in [0.3, 0.4) is 0 Å². The first kappa shape index (κ1) is 16.8. The summed E-state index contributed by atoms with van der Waals surface area (Å²) in [5.41, 5.74) is 0.143. The molecule has 0 amide bonds. The molecule has 1 fully saturated rings. The van der Waals surface area contributed by atoms with Crippen LogP contribution in [0.15, 0.2) is 4.99 Å². The molecule has 2 heterocycles. The highest BCUT2D eigenvalue weighted by molar-refractivity contribution is 8.14. The van der Waals surface area contributed by atoms with Crippen molar-refractivity contribution in [1.29, 1.82) is 0 Å². The van der Waals surface area contributed by atoms with E-state index in [4.69, 9.17) is 14.5 Å². The van der Waals surface area contributed by atoms with E-state index in [0.29, 0.717) is 12.6 Å². The van der Waals surface area contributed by atoms with Crippen molar-refractivity contribution in [2.75, 3.05) is 6.61 Å². The molecule has 0 N–H and O–H groups in total. The predicted molar refractivity (Wildman–Crippen MR) is 86.7 cm³/mol. The summed E-state index contributed by atoms with van der Waals surface area (Å²) in [4.78, 5) is 15.7. The van der Waals surface area contributed by atoms with Gasteiger partial charge < -0.3 is 9.47 Å². The van der Waals surface area contributed by atoms with E-state index in [2.05, 4.69) is 6.92 Å². The summed E-state index contributed by atoms with van der Waals surface area (Å²) in [5, 5.41) is 1.26. The lowest BCUT2D eigenvalue weighted by atomic mass is 10.1. The van der Waals surface area contributed by atoms with Crippen molar-refractivity contribution in [3.8, 4) is 0 Å². The second-order valence-corrected chi connectivity index (χ2v) is 7.05. The van der Waals surface area contributed by atoms with Crippen molar-refractivity contribution in [3.05, 3.63) is 0 Å². The van der Waals surface area contributed by atoms with Crippen LogP contribution in [0.5, 0.6) is 0 Å². The van der Waals surface area contributed by atoms with E-state index in [1.807, 2.05) is 0 Å². The molecular formula is C16H27NO3S. The fraction of sp³-hybridized carbons (Fsp3) is 0.875. The van der Waals surface area contributed by atoms with Crippen LogP contribution in [-0.4, -0.2) is 35.2 Å². The molecule has 2 aliphatic heterocycles. The number of aliphatic imine (C=N–C) groups is 1. The summed E-state index contributed by atoms with van der Waals surface area (Å²) in [6.45, 7) is 4.06. The van der Waals surface area contributed by atoms with Crippen molar-refractivity contribution < 1.29 is 14.3 Å². The monoisotopic (exact) mass is 313 g/mol. The summed E-state index contributed by atoms with van der Waals surface area (Å²) in [7, 11) is 0. The minimum absolute atomic E-state index is 0.0433. The van der Waals surface area contributed by atoms with Crippen molar-refractivity contribution in [3.63, 3.8) is 0 Å². The summed E-state index contributed by atoms with van der Waals surface area (Å²) in [6, 6.07) is 0.314. The Morgan fingerprint density at radius 3 is 2.90 bits per heavy atom. The maximum atomic E-state index is 10.9. The Bertz CT molecular complexity index is 373. The van der Waals surface area contributed by atoms with E-state index < -0.39 is 0 Å². The van der Waals surface area contributed by atoms with Crippen molar-refractivity contribution in [2.45, 2.75) is 82.8 Å². The Balaban J connectivity index is 1.66. The van der Waals surface area contributed by atoms with Crippen molar-refractivity contribution >= 4 is 22.8 Å². The number of carbonyl (C=O) groups excluding carboxylic acids is 1. The minimum atomic E-state index is -0.233. The molecule has 5 heteroatoms. The highest BCUT2D eigenvalue weighted by Gasteiger charge is 2.37. The van der Waals surface area contributed by atoms with Gasteiger partial charge in [-0.1, -0.05) is 44.4 Å². The zero-order chi connectivity index (χ0) is 15.1. The van der Waals surface area contributed by atoms with Gasteiger partial charge in [0.25, 0.3) is 0 Å². The fourth-order valence-corrected chi connectivity index (χ4v) is 4.05. The molecule has 21 heavy (non-hydrogen) atoms. The predicted octanol–water partition coefficient (Wildman–Crippen LogP) is 3.93. The van der Waals surface area contributed by atoms with Crippen LogP contribution < -0.4 is 0 Å². The van der Waals surface area contributed by atoms with E-state index in [-0.39, 0.29) is 17.5 Å². The second kappa shape index (κ2) is 8.79. The Labute approximate surface area is 132 Å². The second-order valence-electron chi connectivity index (χ2n) is 5.88. The van der Waals surface area contributed by atoms with Crippen LogP contribution in [0.1, 0.15) is 65.2 Å². The van der Waals surface area contributed by atoms with E-state index in [1.165, 1.54) is 44.1 Å². The first-order valence-electron chi connectivity index (χ1n) is 8.21. The van der Waals surface area contributed by atoms with Crippen molar-refractivity contribution in [2.24, 2.45) is 4.99 Å². The molecule has 4 nitrogen and oxygen atoms in total. The third-order valence-corrected chi connectivity index (χ3v) is 5.19. The van der Waals surface area contributed by atoms with Gasteiger partial charge >= 0.3 is 5.97 Å². The molecule has 0 unspecified atom stereocenters. The highest BCUT2D eigenvalue weighted by atomic mass is 32.2. The van der Waals surface area contributed by atoms with Gasteiger partial charge in [-0.2, -0.15) is 0 Å². The lowest BCUT2D eigenvalue weighted by Crippen LogP contribution is -2.36. The average Bonchev–Trinajstić information content (AvgIpc) is 2.86. The maximum absolute atomic E-state index is 10.9. The van der Waals surface area contributed by atoms with E-state index in [0.717, 1.165) is 19.3 Å². The largest absolute Gasteiger partial charge is 0.463 e. The SMILES string of the molecule is CCCCCCCC1=N[C@@H]2CC[C@H](COC(C)=O)O[C@@H]2S1. The van der Waals surface area contributed by atoms with Crippen LogP contribution >= 0.6 is 11.8 Å². The fourth-order valence-electron chi connectivity index (χ4n) is 2.76. The number of hydrogen-bond acceptors (Lipinski definition) is 5. The third-order valence-electron chi connectivity index (χ3n) is 3.95. The smallest absolute Gasteiger partial charge is 0.302 e. The van der Waals surface area contributed by atoms with Crippen LogP contribution in [0.2, 0.25) is 0 Å². The molecule has 120 valence electrons. The number of fused-ring (bicyclic) bond motifs is 1. The molecule has 0 bridgehead atoms. The zero-order valence-corrected chi connectivity index (χ0v) is 14.0. The molecule has 0 aromatic carbocycles. The quantitative estimate of drug-likeness (QED) is 0.503. The van der Waals surface area contributed by atoms with E-state index in [9.17, 15) is 4.79 Å². The lowest BCUT2D eigenvalue weighted by Gasteiger charge is -2.30. The van der Waals surface area contributed by atoms with Crippen LogP contribution in [-0.2, 0) is 14.3 Å². The molecule has 2 aliphatic rings. The van der Waals surface area contributed by atoms with Crippen LogP contribution in [0, 0.1) is 0 Å². The zero-order valence-electron chi connectivity index (χ0n) is 13.2. The Morgan fingerprint density at radius 1 is 1.33 bits per heavy atom. The molecule has 1 saturated heterocycles. The molecule has 0 radical (unpaired) electrons. The number of nitrogens with zero attached hydrogens (tertiary/aromatic N) is 1. The highest BCUT2D eigenvalue weighted by Crippen LogP contribution is 2.37. The Morgan fingerprint density at radius 2 is 2.14 bits per heavy atom. The molecule has 0 aliphatic carbocycles. The summed E-state index contributed by atoms with van der Waals surface area (Å²) in [5.74, 6) is -0.233. The lowest BCUT2D eigenvalue weighted by molar-refractivity contribution is -0.147. The first-order valence-corrected chi connectivity index (χ1v) is 9.09. The maximum Gasteiger partial charge on any atom is 0.302 e. The van der Waals surface area contributed by atoms with Crippen LogP contribution in [0.4, 0.5) is 0 Å². The first-order chi connectivity index (χ1) is 10.2. The minimum Gasteiger partial charge on any atom is -0.463 e. The Hall–Kier alpha value is -0.550. The molecule has 0 saturated carbocycles. The standard InChI is InChI=1S/C16H27NO3S/c1-3-4-5-6-7-8-15-17-14-10-9-13(11-19-12(2)18)20-16(14)21-15/h13-14,16H,3-11H2,1-2H3/t13-,14-,16-/m1/s1. The van der Waals surface area contributed by atoms with Gasteiger partial charge in [0.05, 0.1) is 17.2 Å². The van der Waals surface area contributed by atoms with Gasteiger partial charge in [0.1, 0.15) is 12.0 Å². The molecular weight excluding hydrogens is 286 g/mol. The van der Waals surface area contributed by atoms with E-state index >= 15 is 0 Å².